The molecule has 1 fully saturated rings. The van der Waals surface area contributed by atoms with Gasteiger partial charge in [0.2, 0.25) is 5.91 Å². The maximum Gasteiger partial charge on any atom is 0.227 e. The van der Waals surface area contributed by atoms with E-state index in [9.17, 15) is 4.79 Å². The lowest BCUT2D eigenvalue weighted by Crippen LogP contribution is -2.38. The molecule has 0 saturated carbocycles. The first kappa shape index (κ1) is 18.0. The maximum atomic E-state index is 12.8. The van der Waals surface area contributed by atoms with Gasteiger partial charge in [-0.2, -0.15) is 0 Å². The Morgan fingerprint density at radius 3 is 2.86 bits per heavy atom. The minimum Gasteiger partial charge on any atom is -0.354 e. The van der Waals surface area contributed by atoms with Gasteiger partial charge < -0.3 is 19.3 Å². The molecule has 7 nitrogen and oxygen atoms in total. The number of fused-ring (bicyclic) bond motifs is 2. The first-order valence-electron chi connectivity index (χ1n) is 9.60. The first-order valence-corrected chi connectivity index (χ1v) is 9.98. The van der Waals surface area contributed by atoms with Gasteiger partial charge >= 0.3 is 0 Å². The Morgan fingerprint density at radius 2 is 2.03 bits per heavy atom. The van der Waals surface area contributed by atoms with E-state index in [0.29, 0.717) is 10.6 Å². The van der Waals surface area contributed by atoms with Crippen molar-refractivity contribution in [3.63, 3.8) is 0 Å². The van der Waals surface area contributed by atoms with Crippen LogP contribution in [0.1, 0.15) is 12.8 Å². The van der Waals surface area contributed by atoms with Crippen LogP contribution in [0.2, 0.25) is 5.02 Å². The summed E-state index contributed by atoms with van der Waals surface area (Å²) in [5, 5.41) is 8.81. The molecule has 29 heavy (non-hydrogen) atoms. The summed E-state index contributed by atoms with van der Waals surface area (Å²) in [5.74, 6) is 0.808. The number of imidazole rings is 1. The number of anilines is 2. The van der Waals surface area contributed by atoms with Gasteiger partial charge in [-0.05, 0) is 49.2 Å². The molecule has 0 aliphatic carbocycles. The van der Waals surface area contributed by atoms with Gasteiger partial charge in [-0.1, -0.05) is 16.8 Å². The summed E-state index contributed by atoms with van der Waals surface area (Å²) in [5.41, 5.74) is 3.41. The number of amides is 1. The van der Waals surface area contributed by atoms with Crippen LogP contribution in [0.5, 0.6) is 0 Å². The number of halogens is 1. The van der Waals surface area contributed by atoms with Gasteiger partial charge in [-0.3, -0.25) is 4.79 Å². The van der Waals surface area contributed by atoms with Gasteiger partial charge in [0.1, 0.15) is 0 Å². The molecular formula is C21H20ClN5O2. The fourth-order valence-electron chi connectivity index (χ4n) is 3.94. The van der Waals surface area contributed by atoms with Crippen LogP contribution in [0, 0.1) is 5.92 Å². The maximum absolute atomic E-state index is 12.8. The Labute approximate surface area is 172 Å². The van der Waals surface area contributed by atoms with Crippen LogP contribution < -0.4 is 10.2 Å². The van der Waals surface area contributed by atoms with Crippen LogP contribution in [0.25, 0.3) is 22.0 Å². The SMILES string of the molecule is Cn1cnc2cc(NC(=O)C3CCN(c4noc5ccc(Cl)cc45)CC3)ccc21. The lowest BCUT2D eigenvalue weighted by atomic mass is 9.95. The van der Waals surface area contributed by atoms with Gasteiger partial charge in [0, 0.05) is 36.8 Å². The zero-order valence-corrected chi connectivity index (χ0v) is 16.7. The van der Waals surface area contributed by atoms with E-state index >= 15 is 0 Å². The molecule has 0 spiro atoms. The van der Waals surface area contributed by atoms with E-state index in [1.807, 2.05) is 41.9 Å². The lowest BCUT2D eigenvalue weighted by Gasteiger charge is -2.31. The van der Waals surface area contributed by atoms with Crippen LogP contribution in [-0.2, 0) is 11.8 Å². The second-order valence-electron chi connectivity index (χ2n) is 7.46. The van der Waals surface area contributed by atoms with Crippen molar-refractivity contribution in [3.8, 4) is 0 Å². The molecule has 1 amide bonds. The fourth-order valence-corrected chi connectivity index (χ4v) is 4.11. The summed E-state index contributed by atoms with van der Waals surface area (Å²) in [4.78, 5) is 19.3. The predicted octanol–water partition coefficient (Wildman–Crippen LogP) is 4.22. The van der Waals surface area contributed by atoms with Crippen LogP contribution in [0.3, 0.4) is 0 Å². The zero-order valence-electron chi connectivity index (χ0n) is 15.9. The van der Waals surface area contributed by atoms with Crippen LogP contribution >= 0.6 is 11.6 Å². The van der Waals surface area contributed by atoms with Gasteiger partial charge in [0.05, 0.1) is 22.7 Å². The summed E-state index contributed by atoms with van der Waals surface area (Å²) in [6.45, 7) is 1.48. The Bertz CT molecular complexity index is 1210. The number of aryl methyl sites for hydroxylation is 1. The second kappa shape index (κ2) is 7.08. The van der Waals surface area contributed by atoms with Gasteiger partial charge in [0.15, 0.2) is 11.4 Å². The molecule has 5 rings (SSSR count). The normalized spacial score (nSPS) is 15.3. The fraction of sp³-hybridized carbons (Fsp3) is 0.286. The number of rotatable bonds is 3. The topological polar surface area (TPSA) is 76.2 Å². The summed E-state index contributed by atoms with van der Waals surface area (Å²) in [6, 6.07) is 11.3. The molecule has 0 bridgehead atoms. The third-order valence-corrected chi connectivity index (χ3v) is 5.81. The van der Waals surface area contributed by atoms with E-state index in [4.69, 9.17) is 16.1 Å². The molecular weight excluding hydrogens is 390 g/mol. The number of nitrogens with one attached hydrogen (secondary N) is 1. The third-order valence-electron chi connectivity index (χ3n) is 5.57. The first-order chi connectivity index (χ1) is 14.1. The van der Waals surface area contributed by atoms with Crippen LogP contribution in [0.4, 0.5) is 11.5 Å². The minimum absolute atomic E-state index is 0.0348. The Hall–Kier alpha value is -3.06. The number of piperidine rings is 1. The largest absolute Gasteiger partial charge is 0.354 e. The molecule has 0 radical (unpaired) electrons. The highest BCUT2D eigenvalue weighted by atomic mass is 35.5. The molecule has 1 aliphatic rings. The van der Waals surface area contributed by atoms with E-state index in [-0.39, 0.29) is 11.8 Å². The molecule has 2 aromatic carbocycles. The number of nitrogens with zero attached hydrogens (tertiary/aromatic N) is 4. The highest BCUT2D eigenvalue weighted by molar-refractivity contribution is 6.31. The number of hydrogen-bond acceptors (Lipinski definition) is 5. The standard InChI is InChI=1S/C21H20ClN5O2/c1-26-12-23-17-11-15(3-4-18(17)26)24-21(28)13-6-8-27(9-7-13)20-16-10-14(22)2-5-19(16)29-25-20/h2-5,10-13H,6-9H2,1H3,(H,24,28). The van der Waals surface area contributed by atoms with Crippen molar-refractivity contribution < 1.29 is 9.32 Å². The van der Waals surface area contributed by atoms with Crippen LogP contribution in [0.15, 0.2) is 47.2 Å². The van der Waals surface area contributed by atoms with E-state index in [0.717, 1.165) is 53.9 Å². The van der Waals surface area contributed by atoms with Gasteiger partial charge in [-0.25, -0.2) is 4.98 Å². The van der Waals surface area contributed by atoms with Crippen molar-refractivity contribution in [1.29, 1.82) is 0 Å². The molecule has 148 valence electrons. The quantitative estimate of drug-likeness (QED) is 0.548. The number of aromatic nitrogens is 3. The Morgan fingerprint density at radius 1 is 1.21 bits per heavy atom. The zero-order chi connectivity index (χ0) is 20.0. The number of benzene rings is 2. The molecule has 3 heterocycles. The predicted molar refractivity (Wildman–Crippen MR) is 113 cm³/mol. The van der Waals surface area contributed by atoms with Crippen molar-refractivity contribution in [3.05, 3.63) is 47.7 Å². The van der Waals surface area contributed by atoms with Gasteiger partial charge in [0.25, 0.3) is 0 Å². The van der Waals surface area contributed by atoms with E-state index < -0.39 is 0 Å². The molecule has 0 atom stereocenters. The van der Waals surface area contributed by atoms with Crippen molar-refractivity contribution in [2.75, 3.05) is 23.3 Å². The number of hydrogen-bond donors (Lipinski definition) is 1. The highest BCUT2D eigenvalue weighted by Gasteiger charge is 2.27. The molecule has 4 aromatic rings. The van der Waals surface area contributed by atoms with Crippen molar-refractivity contribution in [2.24, 2.45) is 13.0 Å². The number of carbonyl (C=O) groups excluding carboxylic acids is 1. The number of carbonyl (C=O) groups is 1. The second-order valence-corrected chi connectivity index (χ2v) is 7.89. The Kier molecular flexibility index (Phi) is 4.39. The van der Waals surface area contributed by atoms with E-state index in [2.05, 4.69) is 20.4 Å². The Balaban J connectivity index is 1.25. The summed E-state index contributed by atoms with van der Waals surface area (Å²) in [7, 11) is 1.95. The lowest BCUT2D eigenvalue weighted by molar-refractivity contribution is -0.120. The van der Waals surface area contributed by atoms with Crippen molar-refractivity contribution in [2.45, 2.75) is 12.8 Å². The van der Waals surface area contributed by atoms with E-state index in [1.54, 1.807) is 12.4 Å². The molecule has 1 aliphatic heterocycles. The monoisotopic (exact) mass is 409 g/mol. The molecule has 8 heteroatoms. The molecule has 1 saturated heterocycles. The summed E-state index contributed by atoms with van der Waals surface area (Å²) >= 11 is 6.12. The highest BCUT2D eigenvalue weighted by Crippen LogP contribution is 2.31. The third kappa shape index (κ3) is 3.31. The van der Waals surface area contributed by atoms with Gasteiger partial charge in [-0.15, -0.1) is 0 Å². The molecule has 1 N–H and O–H groups in total. The van der Waals surface area contributed by atoms with Crippen LogP contribution in [-0.4, -0.2) is 33.7 Å². The van der Waals surface area contributed by atoms with Crippen molar-refractivity contribution >= 4 is 51.0 Å². The van der Waals surface area contributed by atoms with Crippen molar-refractivity contribution in [1.82, 2.24) is 14.7 Å². The summed E-state index contributed by atoms with van der Waals surface area (Å²) in [6.07, 6.45) is 3.28. The minimum atomic E-state index is -0.0348. The van der Waals surface area contributed by atoms with E-state index in [1.165, 1.54) is 0 Å². The average Bonchev–Trinajstić information content (AvgIpc) is 3.31. The molecule has 2 aromatic heterocycles. The average molecular weight is 410 g/mol. The molecule has 0 unspecified atom stereocenters. The smallest absolute Gasteiger partial charge is 0.227 e. The summed E-state index contributed by atoms with van der Waals surface area (Å²) < 4.78 is 7.37.